The van der Waals surface area contributed by atoms with Crippen LogP contribution in [0.5, 0.6) is 5.75 Å². The Morgan fingerprint density at radius 2 is 1.32 bits per heavy atom. The van der Waals surface area contributed by atoms with Crippen LogP contribution in [-0.2, 0) is 16.0 Å². The van der Waals surface area contributed by atoms with Crippen LogP contribution in [-0.4, -0.2) is 24.9 Å². The molecule has 2 aromatic rings. The fourth-order valence-corrected chi connectivity index (χ4v) is 5.86. The van der Waals surface area contributed by atoms with Crippen LogP contribution < -0.4 is 4.74 Å². The Bertz CT molecular complexity index is 947. The van der Waals surface area contributed by atoms with Gasteiger partial charge in [-0.1, -0.05) is 114 Å². The fraction of sp³-hybridized carbons (Fsp3) is 0.649. The summed E-state index contributed by atoms with van der Waals surface area (Å²) in [5.41, 5.74) is 3.80. The Morgan fingerprint density at radius 3 is 1.93 bits per heavy atom. The highest BCUT2D eigenvalue weighted by Crippen LogP contribution is 2.31. The maximum Gasteiger partial charge on any atom is 0.340 e. The van der Waals surface area contributed by atoms with Crippen LogP contribution in [0.1, 0.15) is 129 Å². The van der Waals surface area contributed by atoms with Gasteiger partial charge in [0.1, 0.15) is 11.9 Å². The minimum atomic E-state index is -1.46. The summed E-state index contributed by atoms with van der Waals surface area (Å²) < 4.78 is 25.3. The molecule has 2 aromatic carbocycles. The van der Waals surface area contributed by atoms with E-state index in [2.05, 4.69) is 55.5 Å². The van der Waals surface area contributed by atoms with Gasteiger partial charge in [0.15, 0.2) is 6.17 Å². The van der Waals surface area contributed by atoms with Crippen LogP contribution >= 0.6 is 0 Å². The number of benzene rings is 2. The number of aryl methyl sites for hydroxylation is 1. The molecule has 1 saturated carbocycles. The number of unbranched alkanes of at least 4 members (excludes halogenated alkanes) is 9. The molecule has 0 saturated heterocycles. The van der Waals surface area contributed by atoms with Gasteiger partial charge < -0.3 is 9.47 Å². The van der Waals surface area contributed by atoms with Crippen molar-refractivity contribution in [2.24, 2.45) is 5.92 Å². The number of carbonyl (C=O) groups excluding carboxylic acids is 1. The Balaban J connectivity index is 1.29. The van der Waals surface area contributed by atoms with Crippen molar-refractivity contribution in [3.63, 3.8) is 0 Å². The number of rotatable bonds is 20. The summed E-state index contributed by atoms with van der Waals surface area (Å²) in [4.78, 5) is 12.0. The van der Waals surface area contributed by atoms with Crippen molar-refractivity contribution >= 4 is 5.97 Å². The highest BCUT2D eigenvalue weighted by molar-refractivity contribution is 5.74. The third-order valence-electron chi connectivity index (χ3n) is 8.64. The quantitative estimate of drug-likeness (QED) is 0.118. The molecule has 0 heterocycles. The molecule has 4 heteroatoms. The number of hydrogen-bond donors (Lipinski definition) is 0. The maximum absolute atomic E-state index is 13.9. The predicted molar refractivity (Wildman–Crippen MR) is 169 cm³/mol. The van der Waals surface area contributed by atoms with Crippen LogP contribution in [0.3, 0.4) is 0 Å². The lowest BCUT2D eigenvalue weighted by molar-refractivity contribution is -0.157. The lowest BCUT2D eigenvalue weighted by Crippen LogP contribution is -2.29. The van der Waals surface area contributed by atoms with E-state index in [1.165, 1.54) is 68.1 Å². The molecule has 0 spiro atoms. The van der Waals surface area contributed by atoms with Crippen molar-refractivity contribution in [3.8, 4) is 16.9 Å². The largest absolute Gasteiger partial charge is 0.494 e. The van der Waals surface area contributed by atoms with Gasteiger partial charge in [0.25, 0.3) is 0 Å². The summed E-state index contributed by atoms with van der Waals surface area (Å²) in [7, 11) is 0. The molecule has 1 atom stereocenters. The Morgan fingerprint density at radius 1 is 0.756 bits per heavy atom. The highest BCUT2D eigenvalue weighted by Gasteiger charge is 2.27. The van der Waals surface area contributed by atoms with E-state index in [0.717, 1.165) is 70.1 Å². The van der Waals surface area contributed by atoms with Crippen molar-refractivity contribution in [2.45, 2.75) is 142 Å². The molecule has 3 rings (SSSR count). The molecule has 0 unspecified atom stereocenters. The van der Waals surface area contributed by atoms with E-state index in [9.17, 15) is 9.18 Å². The predicted octanol–water partition coefficient (Wildman–Crippen LogP) is 10.8. The second kappa shape index (κ2) is 19.7. The molecular formula is C37H55FO3. The van der Waals surface area contributed by atoms with E-state index in [-0.39, 0.29) is 12.5 Å². The van der Waals surface area contributed by atoms with Crippen molar-refractivity contribution in [2.75, 3.05) is 6.61 Å². The first-order valence-electron chi connectivity index (χ1n) is 16.8. The molecule has 0 amide bonds. The third kappa shape index (κ3) is 13.0. The van der Waals surface area contributed by atoms with Gasteiger partial charge in [0, 0.05) is 0 Å². The fourth-order valence-electron chi connectivity index (χ4n) is 5.86. The molecule has 1 aliphatic rings. The smallest absolute Gasteiger partial charge is 0.340 e. The molecular weight excluding hydrogens is 511 g/mol. The third-order valence-corrected chi connectivity index (χ3v) is 8.64. The molecule has 0 aliphatic heterocycles. The molecule has 1 fully saturated rings. The minimum absolute atomic E-state index is 0.107. The standard InChI is InChI=1S/C37H55FO3/c1-3-5-7-8-9-10-11-12-13-29-40-34-27-23-33(24-28-34)32-21-17-30(18-22-32)15-16-31-19-25-35(26-20-31)41-37(39)36(38)14-6-4-2/h17-18,21-24,27-28,31,35-36H,3-16,19-20,25-26,29H2,1-2H3/t31?,35?,36-/m0/s1. The second-order valence-electron chi connectivity index (χ2n) is 12.1. The summed E-state index contributed by atoms with van der Waals surface area (Å²) in [6, 6.07) is 17.4. The van der Waals surface area contributed by atoms with Crippen LogP contribution in [0.4, 0.5) is 4.39 Å². The van der Waals surface area contributed by atoms with Gasteiger partial charge in [-0.15, -0.1) is 0 Å². The number of ether oxygens (including phenoxy) is 2. The molecule has 0 radical (unpaired) electrons. The maximum atomic E-state index is 13.9. The van der Waals surface area contributed by atoms with E-state index >= 15 is 0 Å². The number of alkyl halides is 1. The first-order chi connectivity index (χ1) is 20.1. The minimum Gasteiger partial charge on any atom is -0.494 e. The monoisotopic (exact) mass is 566 g/mol. The summed E-state index contributed by atoms with van der Waals surface area (Å²) in [5, 5.41) is 0. The molecule has 0 bridgehead atoms. The van der Waals surface area contributed by atoms with Gasteiger partial charge in [-0.05, 0) is 86.1 Å². The van der Waals surface area contributed by atoms with Gasteiger partial charge in [-0.3, -0.25) is 0 Å². The second-order valence-corrected chi connectivity index (χ2v) is 12.1. The number of hydrogen-bond acceptors (Lipinski definition) is 3. The zero-order chi connectivity index (χ0) is 29.1. The lowest BCUT2D eigenvalue weighted by Gasteiger charge is -2.28. The van der Waals surface area contributed by atoms with Crippen LogP contribution in [0.25, 0.3) is 11.1 Å². The molecule has 1 aliphatic carbocycles. The van der Waals surface area contributed by atoms with Gasteiger partial charge in [-0.25, -0.2) is 9.18 Å². The van der Waals surface area contributed by atoms with Gasteiger partial charge in [-0.2, -0.15) is 0 Å². The Kier molecular flexibility index (Phi) is 15.9. The van der Waals surface area contributed by atoms with Crippen LogP contribution in [0.15, 0.2) is 48.5 Å². The highest BCUT2D eigenvalue weighted by atomic mass is 19.1. The van der Waals surface area contributed by atoms with Crippen molar-refractivity contribution in [3.05, 3.63) is 54.1 Å². The molecule has 41 heavy (non-hydrogen) atoms. The SMILES string of the molecule is CCCCCCCCCCCOc1ccc(-c2ccc(CCC3CCC(OC(=O)[C@@H](F)CCCC)CC3)cc2)cc1. The van der Waals surface area contributed by atoms with E-state index < -0.39 is 12.1 Å². The van der Waals surface area contributed by atoms with Crippen molar-refractivity contribution in [1.82, 2.24) is 0 Å². The average Bonchev–Trinajstić information content (AvgIpc) is 3.01. The van der Waals surface area contributed by atoms with E-state index in [0.29, 0.717) is 5.92 Å². The normalized spacial score (nSPS) is 17.7. The summed E-state index contributed by atoms with van der Waals surface area (Å²) in [5.74, 6) is 0.947. The zero-order valence-electron chi connectivity index (χ0n) is 25.9. The van der Waals surface area contributed by atoms with Gasteiger partial charge in [0.2, 0.25) is 0 Å². The van der Waals surface area contributed by atoms with E-state index in [4.69, 9.17) is 9.47 Å². The van der Waals surface area contributed by atoms with Gasteiger partial charge in [0.05, 0.1) is 6.61 Å². The first kappa shape index (κ1) is 33.1. The van der Waals surface area contributed by atoms with Crippen LogP contribution in [0, 0.1) is 5.92 Å². The molecule has 0 N–H and O–H groups in total. The van der Waals surface area contributed by atoms with Crippen molar-refractivity contribution in [1.29, 1.82) is 0 Å². The first-order valence-corrected chi connectivity index (χ1v) is 16.8. The summed E-state index contributed by atoms with van der Waals surface area (Å²) in [6.07, 6.45) is 18.3. The van der Waals surface area contributed by atoms with E-state index in [1.807, 2.05) is 6.92 Å². The Labute approximate surface area is 249 Å². The summed E-state index contributed by atoms with van der Waals surface area (Å²) >= 11 is 0. The zero-order valence-corrected chi connectivity index (χ0v) is 25.9. The van der Waals surface area contributed by atoms with E-state index in [1.54, 1.807) is 0 Å². The molecule has 3 nitrogen and oxygen atoms in total. The number of carbonyl (C=O) groups is 1. The summed E-state index contributed by atoms with van der Waals surface area (Å²) in [6.45, 7) is 5.07. The topological polar surface area (TPSA) is 35.5 Å². The number of halogens is 1. The van der Waals surface area contributed by atoms with Crippen LogP contribution in [0.2, 0.25) is 0 Å². The molecule has 228 valence electrons. The average molecular weight is 567 g/mol. The molecule has 0 aromatic heterocycles. The Hall–Kier alpha value is -2.36. The number of esters is 1. The van der Waals surface area contributed by atoms with Gasteiger partial charge >= 0.3 is 5.97 Å². The van der Waals surface area contributed by atoms with Crippen molar-refractivity contribution < 1.29 is 18.7 Å². The lowest BCUT2D eigenvalue weighted by atomic mass is 9.83.